The van der Waals surface area contributed by atoms with Gasteiger partial charge in [-0.25, -0.2) is 13.1 Å². The van der Waals surface area contributed by atoms with Crippen molar-refractivity contribution in [2.75, 3.05) is 0 Å². The average Bonchev–Trinajstić information content (AvgIpc) is 2.83. The Balaban J connectivity index is 1.96. The van der Waals surface area contributed by atoms with E-state index in [-0.39, 0.29) is 18.9 Å². The maximum atomic E-state index is 11.9. The first kappa shape index (κ1) is 14.7. The minimum Gasteiger partial charge on any atom is -0.392 e. The highest BCUT2D eigenvalue weighted by molar-refractivity contribution is 7.88. The van der Waals surface area contributed by atoms with E-state index in [9.17, 15) is 8.42 Å². The Bertz CT molecular complexity index is 662. The first-order valence-corrected chi connectivity index (χ1v) is 7.72. The highest BCUT2D eigenvalue weighted by Gasteiger charge is 2.12. The van der Waals surface area contributed by atoms with Crippen LogP contribution in [0.1, 0.15) is 22.6 Å². The number of aliphatic hydroxyl groups is 1. The van der Waals surface area contributed by atoms with Crippen molar-refractivity contribution in [3.8, 4) is 0 Å². The van der Waals surface area contributed by atoms with Gasteiger partial charge in [0.1, 0.15) is 5.76 Å². The summed E-state index contributed by atoms with van der Waals surface area (Å²) in [6.45, 7) is 1.79. The highest BCUT2D eigenvalue weighted by atomic mass is 32.2. The van der Waals surface area contributed by atoms with Crippen LogP contribution in [0.25, 0.3) is 0 Å². The van der Waals surface area contributed by atoms with Crippen LogP contribution in [0.2, 0.25) is 0 Å². The molecule has 0 aliphatic rings. The minimum atomic E-state index is -3.44. The van der Waals surface area contributed by atoms with Crippen molar-refractivity contribution < 1.29 is 18.0 Å². The molecule has 0 spiro atoms. The van der Waals surface area contributed by atoms with Crippen LogP contribution < -0.4 is 4.72 Å². The van der Waals surface area contributed by atoms with Gasteiger partial charge in [-0.15, -0.1) is 0 Å². The Kier molecular flexibility index (Phi) is 4.53. The van der Waals surface area contributed by atoms with E-state index in [4.69, 9.17) is 9.63 Å². The molecule has 1 heterocycles. The topological polar surface area (TPSA) is 92.4 Å². The second-order valence-electron chi connectivity index (χ2n) is 4.48. The smallest absolute Gasteiger partial charge is 0.216 e. The quantitative estimate of drug-likeness (QED) is 0.832. The van der Waals surface area contributed by atoms with E-state index >= 15 is 0 Å². The van der Waals surface area contributed by atoms with Crippen LogP contribution in [-0.4, -0.2) is 18.7 Å². The number of hydrogen-bond acceptors (Lipinski definition) is 5. The number of aliphatic hydroxyl groups excluding tert-OH is 1. The molecule has 0 atom stereocenters. The average molecular weight is 296 g/mol. The van der Waals surface area contributed by atoms with Crippen LogP contribution in [-0.2, 0) is 28.9 Å². The van der Waals surface area contributed by atoms with Gasteiger partial charge < -0.3 is 9.63 Å². The molecule has 2 aromatic rings. The Hall–Kier alpha value is -1.70. The van der Waals surface area contributed by atoms with Gasteiger partial charge in [-0.3, -0.25) is 0 Å². The van der Waals surface area contributed by atoms with Gasteiger partial charge in [-0.2, -0.15) is 0 Å². The lowest BCUT2D eigenvalue weighted by Gasteiger charge is -2.05. The number of benzene rings is 1. The van der Waals surface area contributed by atoms with Crippen molar-refractivity contribution in [1.29, 1.82) is 0 Å². The third kappa shape index (κ3) is 4.16. The zero-order valence-electron chi connectivity index (χ0n) is 11.0. The fourth-order valence-electron chi connectivity index (χ4n) is 1.70. The second kappa shape index (κ2) is 6.17. The lowest BCUT2D eigenvalue weighted by atomic mass is 10.2. The minimum absolute atomic E-state index is 0.0587. The second-order valence-corrected chi connectivity index (χ2v) is 6.29. The van der Waals surface area contributed by atoms with Crippen LogP contribution in [0.5, 0.6) is 0 Å². The van der Waals surface area contributed by atoms with Gasteiger partial charge in [0, 0.05) is 6.07 Å². The molecular weight excluding hydrogens is 280 g/mol. The predicted molar refractivity (Wildman–Crippen MR) is 73.1 cm³/mol. The van der Waals surface area contributed by atoms with Crippen molar-refractivity contribution in [2.24, 2.45) is 0 Å². The molecule has 1 aromatic heterocycles. The monoisotopic (exact) mass is 296 g/mol. The van der Waals surface area contributed by atoms with E-state index in [1.165, 1.54) is 0 Å². The van der Waals surface area contributed by atoms with Crippen molar-refractivity contribution in [3.63, 3.8) is 0 Å². The number of rotatable bonds is 6. The molecule has 0 unspecified atom stereocenters. The van der Waals surface area contributed by atoms with Crippen molar-refractivity contribution in [2.45, 2.75) is 25.8 Å². The van der Waals surface area contributed by atoms with Gasteiger partial charge >= 0.3 is 0 Å². The summed E-state index contributed by atoms with van der Waals surface area (Å²) in [6.07, 6.45) is 0. The molecule has 0 aliphatic heterocycles. The molecule has 7 heteroatoms. The summed E-state index contributed by atoms with van der Waals surface area (Å²) in [5, 5.41) is 12.6. The van der Waals surface area contributed by atoms with Crippen molar-refractivity contribution in [3.05, 3.63) is 52.9 Å². The standard InChI is InChI=1S/C13H16N2O4S/c1-10-6-13(15-19-10)7-14-20(17,18)9-12-4-2-11(8-16)3-5-12/h2-6,14,16H,7-9H2,1H3. The maximum absolute atomic E-state index is 11.9. The van der Waals surface area contributed by atoms with E-state index in [2.05, 4.69) is 9.88 Å². The molecule has 2 N–H and O–H groups in total. The molecule has 0 saturated heterocycles. The van der Waals surface area contributed by atoms with Gasteiger partial charge in [0.05, 0.1) is 24.6 Å². The lowest BCUT2D eigenvalue weighted by Crippen LogP contribution is -2.24. The molecule has 0 amide bonds. The molecule has 2 rings (SSSR count). The summed E-state index contributed by atoms with van der Waals surface area (Å²) in [7, 11) is -3.44. The van der Waals surface area contributed by atoms with Crippen molar-refractivity contribution >= 4 is 10.0 Å². The molecule has 0 fully saturated rings. The number of nitrogens with one attached hydrogen (secondary N) is 1. The Labute approximate surface area is 117 Å². The van der Waals surface area contributed by atoms with Gasteiger partial charge in [-0.1, -0.05) is 29.4 Å². The third-order valence-corrected chi connectivity index (χ3v) is 4.01. The van der Waals surface area contributed by atoms with E-state index in [0.29, 0.717) is 17.0 Å². The predicted octanol–water partition coefficient (Wildman–Crippen LogP) is 1.09. The Morgan fingerprint density at radius 1 is 1.25 bits per heavy atom. The summed E-state index contributed by atoms with van der Waals surface area (Å²) < 4.78 is 31.2. The van der Waals surface area contributed by atoms with Gasteiger partial charge in [0.2, 0.25) is 10.0 Å². The first-order valence-electron chi connectivity index (χ1n) is 6.07. The molecule has 1 aromatic carbocycles. The summed E-state index contributed by atoms with van der Waals surface area (Å²) in [4.78, 5) is 0. The largest absolute Gasteiger partial charge is 0.392 e. The van der Waals surface area contributed by atoms with E-state index in [0.717, 1.165) is 5.56 Å². The van der Waals surface area contributed by atoms with Crippen LogP contribution >= 0.6 is 0 Å². The number of hydrogen-bond donors (Lipinski definition) is 2. The highest BCUT2D eigenvalue weighted by Crippen LogP contribution is 2.09. The fourth-order valence-corrected chi connectivity index (χ4v) is 2.80. The maximum Gasteiger partial charge on any atom is 0.216 e. The van der Waals surface area contributed by atoms with Gasteiger partial charge in [0.25, 0.3) is 0 Å². The SMILES string of the molecule is Cc1cc(CNS(=O)(=O)Cc2ccc(CO)cc2)no1. The molecular formula is C13H16N2O4S. The van der Waals surface area contributed by atoms with Crippen molar-refractivity contribution in [1.82, 2.24) is 9.88 Å². The molecule has 0 aliphatic carbocycles. The number of aromatic nitrogens is 1. The summed E-state index contributed by atoms with van der Waals surface area (Å²) in [6, 6.07) is 8.45. The number of nitrogens with zero attached hydrogens (tertiary/aromatic N) is 1. The van der Waals surface area contributed by atoms with E-state index < -0.39 is 10.0 Å². The van der Waals surface area contributed by atoms with E-state index in [1.54, 1.807) is 37.3 Å². The van der Waals surface area contributed by atoms with Crippen LogP contribution in [0.4, 0.5) is 0 Å². The molecule has 20 heavy (non-hydrogen) atoms. The van der Waals surface area contributed by atoms with Gasteiger partial charge in [0.15, 0.2) is 0 Å². The number of sulfonamides is 1. The Morgan fingerprint density at radius 2 is 1.90 bits per heavy atom. The Morgan fingerprint density at radius 3 is 2.45 bits per heavy atom. The molecule has 0 radical (unpaired) electrons. The molecule has 108 valence electrons. The summed E-state index contributed by atoms with van der Waals surface area (Å²) >= 11 is 0. The zero-order valence-corrected chi connectivity index (χ0v) is 11.9. The molecule has 0 bridgehead atoms. The molecule has 6 nitrogen and oxygen atoms in total. The van der Waals surface area contributed by atoms with Crippen LogP contribution in [0.3, 0.4) is 0 Å². The summed E-state index contributed by atoms with van der Waals surface area (Å²) in [5.74, 6) is 0.522. The first-order chi connectivity index (χ1) is 9.48. The molecule has 0 saturated carbocycles. The third-order valence-electron chi connectivity index (χ3n) is 2.71. The van der Waals surface area contributed by atoms with Gasteiger partial charge in [-0.05, 0) is 18.1 Å². The van der Waals surface area contributed by atoms with Crippen LogP contribution in [0, 0.1) is 6.92 Å². The fraction of sp³-hybridized carbons (Fsp3) is 0.308. The van der Waals surface area contributed by atoms with Crippen LogP contribution in [0.15, 0.2) is 34.9 Å². The van der Waals surface area contributed by atoms with E-state index in [1.807, 2.05) is 0 Å². The summed E-state index contributed by atoms with van der Waals surface area (Å²) in [5.41, 5.74) is 1.95. The number of aryl methyl sites for hydroxylation is 1. The normalized spacial score (nSPS) is 11.7. The zero-order chi connectivity index (χ0) is 14.6. The lowest BCUT2D eigenvalue weighted by molar-refractivity contribution is 0.282.